The number of carbonyl (C=O) groups is 1. The van der Waals surface area contributed by atoms with Crippen LogP contribution in [-0.2, 0) is 4.79 Å². The Morgan fingerprint density at radius 3 is 2.08 bits per heavy atom. The molecular formula is C8H19N3O. The van der Waals surface area contributed by atoms with Crippen molar-refractivity contribution in [2.75, 3.05) is 19.6 Å². The molecule has 0 saturated carbocycles. The van der Waals surface area contributed by atoms with Gasteiger partial charge in [0, 0.05) is 6.54 Å². The summed E-state index contributed by atoms with van der Waals surface area (Å²) in [6.45, 7) is 8.01. The largest absolute Gasteiger partial charge is 0.368 e. The molecule has 0 aromatic carbocycles. The normalized spacial score (nSPS) is 16.1. The molecule has 0 rings (SSSR count). The fourth-order valence-electron chi connectivity index (χ4n) is 0.990. The standard InChI is InChI=1S/C8H19N3O/c1-4-11(5-2)6-8(3,10)7(9)12/h4-6,10H2,1-3H3,(H2,9,12). The van der Waals surface area contributed by atoms with Gasteiger partial charge in [0.15, 0.2) is 0 Å². The third-order valence-corrected chi connectivity index (χ3v) is 2.01. The first-order valence-corrected chi connectivity index (χ1v) is 4.25. The average Bonchev–Trinajstić information content (AvgIpc) is 2.00. The first kappa shape index (κ1) is 11.4. The van der Waals surface area contributed by atoms with Crippen molar-refractivity contribution < 1.29 is 4.79 Å². The summed E-state index contributed by atoms with van der Waals surface area (Å²) in [7, 11) is 0. The van der Waals surface area contributed by atoms with Gasteiger partial charge >= 0.3 is 0 Å². The minimum Gasteiger partial charge on any atom is -0.368 e. The molecule has 4 N–H and O–H groups in total. The van der Waals surface area contributed by atoms with Crippen LogP contribution in [-0.4, -0.2) is 36.0 Å². The van der Waals surface area contributed by atoms with Crippen molar-refractivity contribution in [1.82, 2.24) is 4.90 Å². The van der Waals surface area contributed by atoms with Gasteiger partial charge in [0.25, 0.3) is 0 Å². The number of amides is 1. The predicted molar refractivity (Wildman–Crippen MR) is 49.6 cm³/mol. The zero-order chi connectivity index (χ0) is 9.78. The van der Waals surface area contributed by atoms with Crippen molar-refractivity contribution in [1.29, 1.82) is 0 Å². The van der Waals surface area contributed by atoms with E-state index in [2.05, 4.69) is 4.90 Å². The number of hydrogen-bond donors (Lipinski definition) is 2. The summed E-state index contributed by atoms with van der Waals surface area (Å²) in [5, 5.41) is 0. The highest BCUT2D eigenvalue weighted by atomic mass is 16.1. The summed E-state index contributed by atoms with van der Waals surface area (Å²) >= 11 is 0. The second kappa shape index (κ2) is 4.42. The molecule has 1 unspecified atom stereocenters. The first-order chi connectivity index (χ1) is 5.44. The quantitative estimate of drug-likeness (QED) is 0.590. The average molecular weight is 173 g/mol. The van der Waals surface area contributed by atoms with E-state index in [9.17, 15) is 4.79 Å². The van der Waals surface area contributed by atoms with Crippen LogP contribution in [0.5, 0.6) is 0 Å². The third-order valence-electron chi connectivity index (χ3n) is 2.01. The van der Waals surface area contributed by atoms with Gasteiger partial charge in [-0.2, -0.15) is 0 Å². The molecule has 0 saturated heterocycles. The maximum atomic E-state index is 10.9. The minimum absolute atomic E-state index is 0.450. The Bertz CT molecular complexity index is 152. The van der Waals surface area contributed by atoms with Crippen LogP contribution in [0.2, 0.25) is 0 Å². The van der Waals surface area contributed by atoms with Crippen LogP contribution in [0.15, 0.2) is 0 Å². The van der Waals surface area contributed by atoms with Gasteiger partial charge in [-0.25, -0.2) is 0 Å². The number of nitrogens with zero attached hydrogens (tertiary/aromatic N) is 1. The SMILES string of the molecule is CCN(CC)CC(C)(N)C(N)=O. The minimum atomic E-state index is -0.911. The number of carbonyl (C=O) groups excluding carboxylic acids is 1. The number of rotatable bonds is 5. The highest BCUT2D eigenvalue weighted by molar-refractivity contribution is 5.84. The van der Waals surface area contributed by atoms with Crippen molar-refractivity contribution >= 4 is 5.91 Å². The highest BCUT2D eigenvalue weighted by Crippen LogP contribution is 2.01. The molecule has 0 fully saturated rings. The Morgan fingerprint density at radius 1 is 1.42 bits per heavy atom. The van der Waals surface area contributed by atoms with Crippen molar-refractivity contribution in [3.63, 3.8) is 0 Å². The number of primary amides is 1. The summed E-state index contributed by atoms with van der Waals surface area (Å²) in [5.41, 5.74) is 9.92. The number of hydrogen-bond acceptors (Lipinski definition) is 3. The summed E-state index contributed by atoms with van der Waals surface area (Å²) in [6, 6.07) is 0. The molecule has 0 aliphatic rings. The molecule has 0 spiro atoms. The third kappa shape index (κ3) is 3.19. The van der Waals surface area contributed by atoms with Gasteiger partial charge in [-0.3, -0.25) is 4.79 Å². The molecule has 0 aliphatic heterocycles. The van der Waals surface area contributed by atoms with Gasteiger partial charge in [-0.15, -0.1) is 0 Å². The smallest absolute Gasteiger partial charge is 0.238 e. The Hall–Kier alpha value is -0.610. The molecule has 0 aromatic rings. The van der Waals surface area contributed by atoms with Gasteiger partial charge in [0.1, 0.15) is 5.54 Å². The van der Waals surface area contributed by atoms with Crippen molar-refractivity contribution in [3.05, 3.63) is 0 Å². The monoisotopic (exact) mass is 173 g/mol. The van der Waals surface area contributed by atoms with E-state index in [1.165, 1.54) is 0 Å². The van der Waals surface area contributed by atoms with E-state index in [1.54, 1.807) is 6.92 Å². The molecule has 12 heavy (non-hydrogen) atoms. The fraction of sp³-hybridized carbons (Fsp3) is 0.875. The molecule has 4 nitrogen and oxygen atoms in total. The Kier molecular flexibility index (Phi) is 4.20. The lowest BCUT2D eigenvalue weighted by atomic mass is 10.0. The summed E-state index contributed by atoms with van der Waals surface area (Å²) in [6.07, 6.45) is 0. The van der Waals surface area contributed by atoms with Gasteiger partial charge < -0.3 is 16.4 Å². The molecule has 0 aromatic heterocycles. The molecule has 1 atom stereocenters. The van der Waals surface area contributed by atoms with E-state index in [0.29, 0.717) is 6.54 Å². The zero-order valence-electron chi connectivity index (χ0n) is 8.13. The number of nitrogens with two attached hydrogens (primary N) is 2. The van der Waals surface area contributed by atoms with E-state index in [0.717, 1.165) is 13.1 Å². The van der Waals surface area contributed by atoms with Gasteiger partial charge in [-0.1, -0.05) is 13.8 Å². The maximum Gasteiger partial charge on any atom is 0.238 e. The molecule has 1 amide bonds. The van der Waals surface area contributed by atoms with E-state index < -0.39 is 11.4 Å². The molecule has 0 heterocycles. The molecule has 4 heteroatoms. The van der Waals surface area contributed by atoms with Crippen LogP contribution in [0.1, 0.15) is 20.8 Å². The molecule has 0 bridgehead atoms. The van der Waals surface area contributed by atoms with Gasteiger partial charge in [-0.05, 0) is 20.0 Å². The lowest BCUT2D eigenvalue weighted by Crippen LogP contribution is -2.56. The van der Waals surface area contributed by atoms with Crippen LogP contribution in [0.3, 0.4) is 0 Å². The summed E-state index contributed by atoms with van der Waals surface area (Å²) in [4.78, 5) is 12.9. The van der Waals surface area contributed by atoms with Crippen molar-refractivity contribution in [2.45, 2.75) is 26.3 Å². The predicted octanol–water partition coefficient (Wildman–Crippen LogP) is -0.469. The summed E-state index contributed by atoms with van der Waals surface area (Å²) in [5.74, 6) is -0.450. The van der Waals surface area contributed by atoms with Crippen LogP contribution < -0.4 is 11.5 Å². The number of likely N-dealkylation sites (N-methyl/N-ethyl adjacent to an activating group) is 1. The molecule has 72 valence electrons. The van der Waals surface area contributed by atoms with Crippen molar-refractivity contribution in [3.8, 4) is 0 Å². The van der Waals surface area contributed by atoms with Gasteiger partial charge in [0.05, 0.1) is 0 Å². The molecule has 0 radical (unpaired) electrons. The molecule has 0 aliphatic carbocycles. The van der Waals surface area contributed by atoms with Gasteiger partial charge in [0.2, 0.25) is 5.91 Å². The Balaban J connectivity index is 4.12. The zero-order valence-corrected chi connectivity index (χ0v) is 8.13. The van der Waals surface area contributed by atoms with E-state index in [-0.39, 0.29) is 0 Å². The van der Waals surface area contributed by atoms with Crippen molar-refractivity contribution in [2.24, 2.45) is 11.5 Å². The topological polar surface area (TPSA) is 72.3 Å². The Morgan fingerprint density at radius 2 is 1.83 bits per heavy atom. The van der Waals surface area contributed by atoms with Crippen LogP contribution in [0.4, 0.5) is 0 Å². The van der Waals surface area contributed by atoms with E-state index in [1.807, 2.05) is 13.8 Å². The Labute approximate surface area is 73.9 Å². The first-order valence-electron chi connectivity index (χ1n) is 4.25. The molecular weight excluding hydrogens is 154 g/mol. The second-order valence-electron chi connectivity index (χ2n) is 3.24. The van der Waals surface area contributed by atoms with Crippen LogP contribution >= 0.6 is 0 Å². The lowest BCUT2D eigenvalue weighted by molar-refractivity contribution is -0.123. The van der Waals surface area contributed by atoms with Crippen LogP contribution in [0, 0.1) is 0 Å². The fourth-order valence-corrected chi connectivity index (χ4v) is 0.990. The second-order valence-corrected chi connectivity index (χ2v) is 3.24. The van der Waals surface area contributed by atoms with E-state index >= 15 is 0 Å². The maximum absolute atomic E-state index is 10.9. The summed E-state index contributed by atoms with van der Waals surface area (Å²) < 4.78 is 0. The van der Waals surface area contributed by atoms with Crippen LogP contribution in [0.25, 0.3) is 0 Å². The lowest BCUT2D eigenvalue weighted by Gasteiger charge is -2.28. The highest BCUT2D eigenvalue weighted by Gasteiger charge is 2.27. The van der Waals surface area contributed by atoms with E-state index in [4.69, 9.17) is 11.5 Å².